The number of pyridine rings is 1. The van der Waals surface area contributed by atoms with E-state index in [-0.39, 0.29) is 44.1 Å². The van der Waals surface area contributed by atoms with Crippen LogP contribution in [0.25, 0.3) is 106 Å². The molecule has 0 bridgehead atoms. The summed E-state index contributed by atoms with van der Waals surface area (Å²) in [6.07, 6.45) is 5.68. The quantitative estimate of drug-likeness (QED) is 0.0945. The maximum atomic E-state index is 9.29. The van der Waals surface area contributed by atoms with Gasteiger partial charge in [0.2, 0.25) is 0 Å². The van der Waals surface area contributed by atoms with E-state index in [2.05, 4.69) is 182 Å². The Morgan fingerprint density at radius 2 is 1.22 bits per heavy atom. The smallest absolute Gasteiger partial charge is 0.0660 e. The van der Waals surface area contributed by atoms with Gasteiger partial charge in [-0.2, -0.15) is 0 Å². The van der Waals surface area contributed by atoms with Gasteiger partial charge in [-0.15, -0.1) is 0 Å². The minimum Gasteiger partial charge on any atom is -0.0660 e. The molecule has 0 amide bonds. The first-order valence-electron chi connectivity index (χ1n) is 28.6. The Balaban J connectivity index is 0.00000631. The third kappa shape index (κ3) is 8.14. The number of imidazole rings is 1. The molecule has 0 aliphatic carbocycles. The molecule has 77 heavy (non-hydrogen) atoms. The third-order valence-corrected chi connectivity index (χ3v) is 47.8. The summed E-state index contributed by atoms with van der Waals surface area (Å²) in [5, 5.41) is 2.21. The molecule has 9 aromatic carbocycles. The van der Waals surface area contributed by atoms with E-state index in [1.54, 1.807) is 8.79 Å². The van der Waals surface area contributed by atoms with Crippen molar-refractivity contribution in [3.05, 3.63) is 224 Å². The van der Waals surface area contributed by atoms with Crippen LogP contribution in [-0.2, 0) is 26.5 Å². The summed E-state index contributed by atoms with van der Waals surface area (Å²) in [6, 6.07) is 62.6. The van der Waals surface area contributed by atoms with Crippen LogP contribution in [0.2, 0.25) is 27.1 Å². The normalized spacial score (nSPS) is 14.9. The minimum absolute atomic E-state index is 0. The maximum absolute atomic E-state index is 9.29. The second-order valence-electron chi connectivity index (χ2n) is 22.7. The summed E-state index contributed by atoms with van der Waals surface area (Å²) in [5.74, 6) is 12.2. The molecule has 2 aliphatic rings. The minimum atomic E-state index is -2.32. The van der Waals surface area contributed by atoms with Gasteiger partial charge >= 0.3 is 278 Å². The zero-order chi connectivity index (χ0) is 56.0. The molecule has 0 radical (unpaired) electrons. The van der Waals surface area contributed by atoms with Crippen molar-refractivity contribution in [2.24, 2.45) is 0 Å². The Kier molecular flexibility index (Phi) is 10.6. The van der Waals surface area contributed by atoms with E-state index in [0.29, 0.717) is 28.4 Å². The average molecular weight is 1300 g/mol. The predicted octanol–water partition coefficient (Wildman–Crippen LogP) is 15.9. The van der Waals surface area contributed by atoms with Crippen molar-refractivity contribution in [2.45, 2.75) is 53.3 Å². The van der Waals surface area contributed by atoms with Gasteiger partial charge in [-0.3, -0.25) is 4.57 Å². The topological polar surface area (TPSA) is 35.9 Å². The van der Waals surface area contributed by atoms with Crippen LogP contribution in [0, 0.1) is 18.5 Å². The number of fused-ring (bicyclic) bond motifs is 11. The zero-order valence-electron chi connectivity index (χ0n) is 48.9. The molecule has 5 heterocycles. The summed E-state index contributed by atoms with van der Waals surface area (Å²) < 4.78 is 62.7. The van der Waals surface area contributed by atoms with Crippen molar-refractivity contribution in [1.82, 2.24) is 14.1 Å². The van der Waals surface area contributed by atoms with Gasteiger partial charge in [0.1, 0.15) is 0 Å². The number of hydrogen-bond acceptors (Lipinski definition) is 2. The second-order valence-corrected chi connectivity index (χ2v) is 45.4. The van der Waals surface area contributed by atoms with E-state index in [4.69, 9.17) is 13.8 Å². The molecule has 0 fully saturated rings. The molecule has 8 heteroatoms. The Labute approximate surface area is 477 Å². The van der Waals surface area contributed by atoms with E-state index in [1.165, 1.54) is 15.2 Å². The molecule has 2 aliphatic heterocycles. The number of hydrogen-bond donors (Lipinski definition) is 0. The van der Waals surface area contributed by atoms with Crippen LogP contribution in [0.1, 0.15) is 33.2 Å². The summed E-state index contributed by atoms with van der Waals surface area (Å²) in [7, 11) is 0. The number of rotatable bonds is 6. The van der Waals surface area contributed by atoms with Gasteiger partial charge in [-0.05, 0) is 44.5 Å². The molecule has 14 rings (SSSR count). The van der Waals surface area contributed by atoms with Crippen molar-refractivity contribution < 1.29 is 37.2 Å². The van der Waals surface area contributed by atoms with E-state index in [9.17, 15) is 2.74 Å². The van der Waals surface area contributed by atoms with E-state index >= 15 is 0 Å². The van der Waals surface area contributed by atoms with Gasteiger partial charge in [0.15, 0.2) is 0 Å². The van der Waals surface area contributed by atoms with Crippen molar-refractivity contribution >= 4 is 68.2 Å². The van der Waals surface area contributed by atoms with Crippen molar-refractivity contribution in [2.75, 3.05) is 0 Å². The molecular weight excluding hydrogens is 1240 g/mol. The summed E-state index contributed by atoms with van der Waals surface area (Å²) in [5.41, 5.74) is 14.4. The van der Waals surface area contributed by atoms with Crippen LogP contribution in [0.3, 0.4) is 0 Å². The van der Waals surface area contributed by atoms with E-state index in [1.807, 2.05) is 63.9 Å². The van der Waals surface area contributed by atoms with Gasteiger partial charge in [0.25, 0.3) is 0 Å². The summed E-state index contributed by atoms with van der Waals surface area (Å²) in [6.45, 7) is 6.69. The Morgan fingerprint density at radius 3 is 1.99 bits per heavy atom. The van der Waals surface area contributed by atoms with Gasteiger partial charge in [-0.1, -0.05) is 115 Å². The average Bonchev–Trinajstić information content (AvgIpc) is 2.33. The van der Waals surface area contributed by atoms with Gasteiger partial charge < -0.3 is 0 Å². The number of aromatic nitrogens is 4. The van der Waals surface area contributed by atoms with Crippen LogP contribution in [0.15, 0.2) is 200 Å². The van der Waals surface area contributed by atoms with Crippen LogP contribution in [-0.4, -0.2) is 40.7 Å². The molecule has 0 N–H and O–H groups in total. The fourth-order valence-electron chi connectivity index (χ4n) is 12.6. The number of benzene rings is 9. The second kappa shape index (κ2) is 18.6. The van der Waals surface area contributed by atoms with Crippen LogP contribution in [0.4, 0.5) is 0 Å². The number of ether oxygens (including phenoxy) is 1. The standard InChI is InChI=1S/C69H56Ge2N4O.Pt/c1-69(2,3)47-36-37-72-65(39-47)75-62-32-16-15-28-58(62)66-59(46-34-35-60-61(38-46)71(6,7)43-70(60,4)5)41-50(42-64(66)75)76-49-23-17-22-48(40-49)73-44-74-67-51(45-20-9-8-10-21-45)29-18-30-56(67)54-26-13-11-24-52(54)53-25-12-14-27-55(53)57-31-19-33-63(73)68(57)74;/h8-39,41H,43H2,1-7H3;/q-2;/i8D,9D,10D,20D,21D;. The Hall–Kier alpha value is -7.03. The third-order valence-electron chi connectivity index (χ3n) is 15.8. The van der Waals surface area contributed by atoms with E-state index < -0.39 is 44.7 Å². The predicted molar refractivity (Wildman–Crippen MR) is 318 cm³/mol. The van der Waals surface area contributed by atoms with Crippen LogP contribution in [0.5, 0.6) is 11.5 Å². The summed E-state index contributed by atoms with van der Waals surface area (Å²) >= 11 is -4.49. The molecule has 0 atom stereocenters. The molecule has 5 nitrogen and oxygen atoms in total. The first kappa shape index (κ1) is 44.0. The SMILES string of the molecule is [2H]c1c([2H])c([2H])c(-c2cccc3c2-[n+]2[c-]n(-c4[c-]c(Oc5[c-]c6c(c(-c7cc[c]8[c](c7)[Ge]([CH3])([CH3])[CH2][Ge]8([CH3])[CH3])c5)c5ccccc5n6-c5cc(C(C)(C)C)ccn5)ccc4)c4cccc(c42)-c2ccccc2-c2ccccc2-3)c([2H])c1[2H].[Pt]. The molecule has 0 saturated heterocycles. The van der Waals surface area contributed by atoms with Crippen LogP contribution < -0.4 is 18.1 Å². The molecular formula is C69H56Ge2N4OPt-2. The van der Waals surface area contributed by atoms with Crippen molar-refractivity contribution in [3.8, 4) is 84.3 Å². The van der Waals surface area contributed by atoms with E-state index in [0.717, 1.165) is 77.6 Å². The molecule has 0 spiro atoms. The Bertz CT molecular complexity index is 4650. The fourth-order valence-corrected chi connectivity index (χ4v) is 59.3. The van der Waals surface area contributed by atoms with Gasteiger partial charge in [0.05, 0.1) is 18.1 Å². The first-order chi connectivity index (χ1) is 38.9. The molecule has 12 aromatic rings. The van der Waals surface area contributed by atoms with Gasteiger partial charge in [-0.25, -0.2) is 0 Å². The van der Waals surface area contributed by atoms with Gasteiger partial charge in [0, 0.05) is 21.1 Å². The fraction of sp³-hybridized carbons (Fsp3) is 0.130. The molecule has 0 unspecified atom stereocenters. The molecule has 378 valence electrons. The van der Waals surface area contributed by atoms with Crippen molar-refractivity contribution in [1.29, 1.82) is 0 Å². The number of para-hydroxylation sites is 3. The summed E-state index contributed by atoms with van der Waals surface area (Å²) in [4.78, 5) is 5.04. The molecule has 0 saturated carbocycles. The Morgan fingerprint density at radius 1 is 0.584 bits per heavy atom. The number of nitrogens with zero attached hydrogens (tertiary/aromatic N) is 4. The first-order valence-corrected chi connectivity index (χ1v) is 39.5. The van der Waals surface area contributed by atoms with Crippen molar-refractivity contribution in [3.63, 3.8) is 0 Å². The zero-order valence-corrected chi connectivity index (χ0v) is 50.4. The monoisotopic (exact) mass is 1300 g/mol. The van der Waals surface area contributed by atoms with Crippen LogP contribution >= 0.6 is 0 Å². The molecule has 3 aromatic heterocycles.